The second-order valence-corrected chi connectivity index (χ2v) is 8.12. The number of pyridine rings is 1. The number of Topliss-reactive ketones (excluding diaryl/α,β-unsaturated/α-hetero) is 1. The monoisotopic (exact) mass is 410 g/mol. The van der Waals surface area contributed by atoms with E-state index in [1.54, 1.807) is 18.0 Å². The van der Waals surface area contributed by atoms with Gasteiger partial charge in [0.15, 0.2) is 11.5 Å². The Balaban J connectivity index is 1.71. The predicted octanol–water partition coefficient (Wildman–Crippen LogP) is 2.35. The summed E-state index contributed by atoms with van der Waals surface area (Å²) < 4.78 is 13.5. The molecule has 0 bridgehead atoms. The van der Waals surface area contributed by atoms with Gasteiger partial charge in [-0.3, -0.25) is 9.89 Å². The van der Waals surface area contributed by atoms with Gasteiger partial charge in [-0.05, 0) is 25.8 Å². The lowest BCUT2D eigenvalue weighted by atomic mass is 9.78. The first-order chi connectivity index (χ1) is 14.6. The van der Waals surface area contributed by atoms with Crippen LogP contribution < -0.4 is 4.90 Å². The highest BCUT2D eigenvalue weighted by molar-refractivity contribution is 5.85. The third-order valence-electron chi connectivity index (χ3n) is 6.40. The Bertz CT molecular complexity index is 1050. The molecule has 0 radical (unpaired) electrons. The molecule has 1 saturated carbocycles. The van der Waals surface area contributed by atoms with E-state index in [4.69, 9.17) is 14.5 Å². The summed E-state index contributed by atoms with van der Waals surface area (Å²) in [6.45, 7) is 4.25. The van der Waals surface area contributed by atoms with Crippen LogP contribution in [0.5, 0.6) is 0 Å². The highest BCUT2D eigenvalue weighted by Crippen LogP contribution is 2.43. The first-order valence-corrected chi connectivity index (χ1v) is 10.4. The van der Waals surface area contributed by atoms with Crippen LogP contribution >= 0.6 is 0 Å². The Labute approximate surface area is 174 Å². The number of methoxy groups -OCH3 is 1. The smallest absolute Gasteiger partial charge is 0.167 e. The number of ether oxygens (including phenoxy) is 2. The lowest BCUT2D eigenvalue weighted by molar-refractivity contribution is -0.127. The predicted molar refractivity (Wildman–Crippen MR) is 111 cm³/mol. The van der Waals surface area contributed by atoms with E-state index < -0.39 is 5.60 Å². The maximum atomic E-state index is 12.0. The highest BCUT2D eigenvalue weighted by Gasteiger charge is 2.39. The van der Waals surface area contributed by atoms with Crippen molar-refractivity contribution in [2.75, 3.05) is 31.8 Å². The van der Waals surface area contributed by atoms with E-state index in [-0.39, 0.29) is 6.04 Å². The number of ketones is 1. The molecule has 0 aromatic carbocycles. The van der Waals surface area contributed by atoms with Crippen molar-refractivity contribution >= 4 is 22.6 Å². The molecule has 3 aromatic rings. The van der Waals surface area contributed by atoms with E-state index in [2.05, 4.69) is 33.2 Å². The van der Waals surface area contributed by atoms with Crippen molar-refractivity contribution in [1.82, 2.24) is 25.0 Å². The van der Waals surface area contributed by atoms with Crippen molar-refractivity contribution in [3.05, 3.63) is 30.1 Å². The van der Waals surface area contributed by atoms with Crippen molar-refractivity contribution in [2.45, 2.75) is 44.2 Å². The summed E-state index contributed by atoms with van der Waals surface area (Å²) in [5.41, 5.74) is 1.27. The van der Waals surface area contributed by atoms with E-state index in [1.165, 1.54) is 0 Å². The van der Waals surface area contributed by atoms with Gasteiger partial charge < -0.3 is 14.4 Å². The van der Waals surface area contributed by atoms with Gasteiger partial charge >= 0.3 is 0 Å². The molecule has 9 heteroatoms. The van der Waals surface area contributed by atoms with Gasteiger partial charge in [-0.15, -0.1) is 0 Å². The summed E-state index contributed by atoms with van der Waals surface area (Å²) in [7, 11) is 1.73. The van der Waals surface area contributed by atoms with Gasteiger partial charge in [-0.1, -0.05) is 0 Å². The molecule has 4 heterocycles. The zero-order chi connectivity index (χ0) is 20.7. The molecule has 2 fully saturated rings. The van der Waals surface area contributed by atoms with Crippen LogP contribution in [0.4, 0.5) is 5.82 Å². The fourth-order valence-corrected chi connectivity index (χ4v) is 4.64. The topological polar surface area (TPSA) is 98.2 Å². The second-order valence-electron chi connectivity index (χ2n) is 8.12. The number of carbonyl (C=O) groups excluding carboxylic acids is 1. The number of H-pyrrole nitrogens is 1. The molecular weight excluding hydrogens is 384 g/mol. The Morgan fingerprint density at radius 2 is 2.17 bits per heavy atom. The van der Waals surface area contributed by atoms with Crippen LogP contribution in [0.15, 0.2) is 24.5 Å². The molecule has 1 atom stereocenters. The van der Waals surface area contributed by atoms with Crippen molar-refractivity contribution in [3.8, 4) is 5.82 Å². The van der Waals surface area contributed by atoms with Crippen LogP contribution in [0.25, 0.3) is 16.9 Å². The quantitative estimate of drug-likeness (QED) is 0.705. The van der Waals surface area contributed by atoms with Gasteiger partial charge in [0, 0.05) is 43.5 Å². The molecular formula is C21H26N6O3. The van der Waals surface area contributed by atoms with E-state index >= 15 is 0 Å². The molecule has 0 spiro atoms. The summed E-state index contributed by atoms with van der Waals surface area (Å²) in [5, 5.41) is 12.6. The minimum atomic E-state index is -0.527. The summed E-state index contributed by atoms with van der Waals surface area (Å²) >= 11 is 0. The van der Waals surface area contributed by atoms with Crippen LogP contribution in [-0.2, 0) is 19.9 Å². The average Bonchev–Trinajstić information content (AvgIpc) is 3.44. The Morgan fingerprint density at radius 3 is 2.87 bits per heavy atom. The molecule has 0 amide bonds. The summed E-state index contributed by atoms with van der Waals surface area (Å²) in [6, 6.07) is 4.21. The number of aromatic nitrogens is 5. The molecule has 30 heavy (non-hydrogen) atoms. The third-order valence-corrected chi connectivity index (χ3v) is 6.40. The number of rotatable bonds is 4. The molecule has 3 aromatic heterocycles. The summed E-state index contributed by atoms with van der Waals surface area (Å²) in [4.78, 5) is 19.2. The maximum Gasteiger partial charge on any atom is 0.167 e. The second kappa shape index (κ2) is 7.48. The van der Waals surface area contributed by atoms with Gasteiger partial charge in [-0.2, -0.15) is 14.9 Å². The number of anilines is 1. The highest BCUT2D eigenvalue weighted by atomic mass is 16.5. The van der Waals surface area contributed by atoms with Crippen molar-refractivity contribution in [2.24, 2.45) is 0 Å². The fourth-order valence-electron chi connectivity index (χ4n) is 4.64. The normalized spacial score (nSPS) is 22.0. The van der Waals surface area contributed by atoms with E-state index in [0.29, 0.717) is 44.7 Å². The van der Waals surface area contributed by atoms with Crippen molar-refractivity contribution < 1.29 is 14.3 Å². The van der Waals surface area contributed by atoms with Crippen LogP contribution in [0.3, 0.4) is 0 Å². The Kier molecular flexibility index (Phi) is 4.79. The van der Waals surface area contributed by atoms with E-state index in [0.717, 1.165) is 34.8 Å². The molecule has 1 N–H and O–H groups in total. The number of nitrogens with zero attached hydrogens (tertiary/aromatic N) is 5. The maximum absolute atomic E-state index is 12.0. The van der Waals surface area contributed by atoms with Crippen molar-refractivity contribution in [3.63, 3.8) is 0 Å². The Hall–Kier alpha value is -2.78. The van der Waals surface area contributed by atoms with Gasteiger partial charge in [0.25, 0.3) is 0 Å². The van der Waals surface area contributed by atoms with Gasteiger partial charge in [0.05, 0.1) is 37.3 Å². The standard InChI is InChI=1S/C21H26N6O3/c1-14-13-30-10-9-26(14)19-11-17(21(29-2)6-3-15(28)4-7-21)16-12-23-27(20(16)24-19)18-5-8-22-25-18/h5,8,11-12,14H,3-4,6-7,9-10,13H2,1-2H3,(H,22,25)/t14-/m1/s1. The molecule has 5 rings (SSSR count). The Morgan fingerprint density at radius 1 is 1.33 bits per heavy atom. The number of aromatic amines is 1. The summed E-state index contributed by atoms with van der Waals surface area (Å²) in [5.74, 6) is 1.92. The van der Waals surface area contributed by atoms with Gasteiger partial charge in [-0.25, -0.2) is 4.98 Å². The van der Waals surface area contributed by atoms with Gasteiger partial charge in [0.1, 0.15) is 11.6 Å². The molecule has 1 aliphatic heterocycles. The first-order valence-electron chi connectivity index (χ1n) is 10.4. The lowest BCUT2D eigenvalue weighted by Gasteiger charge is -2.38. The number of hydrogen-bond donors (Lipinski definition) is 1. The largest absolute Gasteiger partial charge is 0.377 e. The first kappa shape index (κ1) is 19.2. The number of morpholine rings is 1. The third kappa shape index (κ3) is 3.09. The average molecular weight is 410 g/mol. The lowest BCUT2D eigenvalue weighted by Crippen LogP contribution is -2.44. The van der Waals surface area contributed by atoms with E-state index in [1.807, 2.05) is 12.3 Å². The summed E-state index contributed by atoms with van der Waals surface area (Å²) in [6.07, 6.45) is 5.90. The van der Waals surface area contributed by atoms with Crippen LogP contribution in [0.1, 0.15) is 38.2 Å². The molecule has 1 aliphatic carbocycles. The van der Waals surface area contributed by atoms with Crippen LogP contribution in [-0.4, -0.2) is 63.7 Å². The SMILES string of the molecule is COC1(c2cc(N3CCOC[C@H]3C)nc3c2cnn3-c2ccn[nH]2)CCC(=O)CC1. The molecule has 9 nitrogen and oxygen atoms in total. The van der Waals surface area contributed by atoms with Crippen molar-refractivity contribution in [1.29, 1.82) is 0 Å². The molecule has 158 valence electrons. The van der Waals surface area contributed by atoms with Gasteiger partial charge in [0.2, 0.25) is 0 Å². The number of hydrogen-bond acceptors (Lipinski definition) is 7. The van der Waals surface area contributed by atoms with Crippen LogP contribution in [0, 0.1) is 0 Å². The number of nitrogens with one attached hydrogen (secondary N) is 1. The van der Waals surface area contributed by atoms with E-state index in [9.17, 15) is 4.79 Å². The molecule has 2 aliphatic rings. The number of fused-ring (bicyclic) bond motifs is 1. The number of carbonyl (C=O) groups is 1. The minimum absolute atomic E-state index is 0.214. The molecule has 1 saturated heterocycles. The van der Waals surface area contributed by atoms with Crippen LogP contribution in [0.2, 0.25) is 0 Å². The minimum Gasteiger partial charge on any atom is -0.377 e. The molecule has 0 unspecified atom stereocenters. The zero-order valence-electron chi connectivity index (χ0n) is 17.3. The zero-order valence-corrected chi connectivity index (χ0v) is 17.3. The fraction of sp³-hybridized carbons (Fsp3) is 0.524.